The van der Waals surface area contributed by atoms with Gasteiger partial charge in [0.2, 0.25) is 5.78 Å². The molecule has 0 bridgehead atoms. The number of benzene rings is 2. The number of ether oxygens (including phenoxy) is 1. The van der Waals surface area contributed by atoms with Gasteiger partial charge in [0, 0.05) is 17.2 Å². The molecule has 0 aromatic heterocycles. The van der Waals surface area contributed by atoms with E-state index in [1.54, 1.807) is 6.92 Å². The minimum atomic E-state index is -0.542. The summed E-state index contributed by atoms with van der Waals surface area (Å²) in [5.41, 5.74) is 1.51. The Bertz CT molecular complexity index is 786. The second kappa shape index (κ2) is 8.19. The second-order valence-electron chi connectivity index (χ2n) is 5.86. The van der Waals surface area contributed by atoms with Gasteiger partial charge in [-0.25, -0.2) is 0 Å². The summed E-state index contributed by atoms with van der Waals surface area (Å²) in [4.78, 5) is 34.4. The fraction of sp³-hybridized carbons (Fsp3) is 0.263. The van der Waals surface area contributed by atoms with Crippen molar-refractivity contribution in [1.29, 1.82) is 0 Å². The molecule has 2 aromatic carbocycles. The molecule has 0 fully saturated rings. The van der Waals surface area contributed by atoms with Crippen molar-refractivity contribution in [2.75, 3.05) is 6.61 Å². The Morgan fingerprint density at radius 1 is 1.16 bits per heavy atom. The van der Waals surface area contributed by atoms with Crippen LogP contribution < -0.4 is 0 Å². The van der Waals surface area contributed by atoms with Crippen LogP contribution in [0.25, 0.3) is 0 Å². The Labute approximate surface area is 145 Å². The highest BCUT2D eigenvalue weighted by Gasteiger charge is 2.17. The summed E-state index contributed by atoms with van der Waals surface area (Å²) in [5.74, 6) is -0.973. The largest absolute Gasteiger partial charge is 0.457 e. The molecule has 0 radical (unpaired) electrons. The molecular weight excluding hydrogens is 322 g/mol. The number of ketones is 1. The van der Waals surface area contributed by atoms with E-state index >= 15 is 0 Å². The number of aryl methyl sites for hydroxylation is 1. The molecular formula is C19H19NO5. The molecule has 0 spiro atoms. The Morgan fingerprint density at radius 3 is 2.48 bits per heavy atom. The monoisotopic (exact) mass is 341 g/mol. The van der Waals surface area contributed by atoms with Crippen LogP contribution in [-0.2, 0) is 9.53 Å². The molecule has 0 N–H and O–H groups in total. The van der Waals surface area contributed by atoms with Gasteiger partial charge in [0.25, 0.3) is 5.69 Å². The first-order valence-electron chi connectivity index (χ1n) is 7.87. The first kappa shape index (κ1) is 18.3. The lowest BCUT2D eigenvalue weighted by atomic mass is 9.98. The minimum absolute atomic E-state index is 0.0238. The summed E-state index contributed by atoms with van der Waals surface area (Å²) >= 11 is 0. The van der Waals surface area contributed by atoms with E-state index in [0.29, 0.717) is 5.56 Å². The predicted molar refractivity (Wildman–Crippen MR) is 92.6 cm³/mol. The SMILES string of the molecule is Cc1ccc(C(=O)COC(=O)C[C@@H](C)c2ccccc2)cc1[N+](=O)[O-]. The molecule has 0 amide bonds. The zero-order valence-electron chi connectivity index (χ0n) is 14.1. The first-order valence-corrected chi connectivity index (χ1v) is 7.87. The lowest BCUT2D eigenvalue weighted by Gasteiger charge is -2.11. The van der Waals surface area contributed by atoms with Gasteiger partial charge in [0.15, 0.2) is 6.61 Å². The van der Waals surface area contributed by atoms with Crippen molar-refractivity contribution in [3.8, 4) is 0 Å². The fourth-order valence-electron chi connectivity index (χ4n) is 2.42. The number of rotatable bonds is 7. The number of carbonyl (C=O) groups excluding carboxylic acids is 2. The number of carbonyl (C=O) groups is 2. The number of nitrogens with zero attached hydrogens (tertiary/aromatic N) is 1. The highest BCUT2D eigenvalue weighted by atomic mass is 16.6. The molecule has 6 heteroatoms. The van der Waals surface area contributed by atoms with Gasteiger partial charge in [-0.2, -0.15) is 0 Å². The standard InChI is InChI=1S/C19H19NO5/c1-13-8-9-16(11-17(13)20(23)24)18(21)12-25-19(22)10-14(2)15-6-4-3-5-7-15/h3-9,11,14H,10,12H2,1-2H3/t14-/m1/s1. The average molecular weight is 341 g/mol. The maximum absolute atomic E-state index is 12.1. The number of nitro groups is 1. The molecule has 0 heterocycles. The summed E-state index contributed by atoms with van der Waals surface area (Å²) in [5, 5.41) is 10.9. The van der Waals surface area contributed by atoms with E-state index in [1.807, 2.05) is 37.3 Å². The van der Waals surface area contributed by atoms with E-state index < -0.39 is 23.3 Å². The van der Waals surface area contributed by atoms with Gasteiger partial charge in [0.05, 0.1) is 11.3 Å². The lowest BCUT2D eigenvalue weighted by molar-refractivity contribution is -0.385. The number of nitro benzene ring substituents is 1. The summed E-state index contributed by atoms with van der Waals surface area (Å²) in [6, 6.07) is 13.7. The Morgan fingerprint density at radius 2 is 1.84 bits per heavy atom. The van der Waals surface area contributed by atoms with Gasteiger partial charge >= 0.3 is 5.97 Å². The van der Waals surface area contributed by atoms with Crippen LogP contribution in [-0.4, -0.2) is 23.3 Å². The van der Waals surface area contributed by atoms with Crippen molar-refractivity contribution in [1.82, 2.24) is 0 Å². The molecule has 2 rings (SSSR count). The normalized spacial score (nSPS) is 11.6. The van der Waals surface area contributed by atoms with Crippen molar-refractivity contribution in [3.63, 3.8) is 0 Å². The smallest absolute Gasteiger partial charge is 0.306 e. The Kier molecular flexibility index (Phi) is 6.00. The van der Waals surface area contributed by atoms with Gasteiger partial charge in [-0.15, -0.1) is 0 Å². The summed E-state index contributed by atoms with van der Waals surface area (Å²) in [6.07, 6.45) is 0.158. The van der Waals surface area contributed by atoms with Crippen LogP contribution in [0, 0.1) is 17.0 Å². The van der Waals surface area contributed by atoms with Gasteiger partial charge < -0.3 is 4.74 Å². The molecule has 25 heavy (non-hydrogen) atoms. The third kappa shape index (κ3) is 4.97. The summed E-state index contributed by atoms with van der Waals surface area (Å²) in [7, 11) is 0. The number of esters is 1. The highest BCUT2D eigenvalue weighted by Crippen LogP contribution is 2.21. The number of hydrogen-bond donors (Lipinski definition) is 0. The van der Waals surface area contributed by atoms with Gasteiger partial charge in [0.1, 0.15) is 0 Å². The van der Waals surface area contributed by atoms with E-state index in [2.05, 4.69) is 0 Å². The molecule has 1 atom stereocenters. The molecule has 0 aliphatic heterocycles. The summed E-state index contributed by atoms with van der Waals surface area (Å²) < 4.78 is 5.02. The van der Waals surface area contributed by atoms with E-state index in [1.165, 1.54) is 18.2 Å². The first-order chi connectivity index (χ1) is 11.9. The van der Waals surface area contributed by atoms with Crippen LogP contribution in [0.2, 0.25) is 0 Å². The van der Waals surface area contributed by atoms with Crippen molar-refractivity contribution in [3.05, 3.63) is 75.3 Å². The fourth-order valence-corrected chi connectivity index (χ4v) is 2.42. The van der Waals surface area contributed by atoms with E-state index in [-0.39, 0.29) is 23.6 Å². The van der Waals surface area contributed by atoms with Gasteiger partial charge in [-0.3, -0.25) is 19.7 Å². The zero-order chi connectivity index (χ0) is 18.4. The maximum atomic E-state index is 12.1. The lowest BCUT2D eigenvalue weighted by Crippen LogP contribution is -2.16. The molecule has 0 aliphatic rings. The number of Topliss-reactive ketones (excluding diaryl/α,β-unsaturated/α-hetero) is 1. The van der Waals surface area contributed by atoms with E-state index in [4.69, 9.17) is 4.74 Å². The molecule has 0 saturated heterocycles. The molecule has 130 valence electrons. The van der Waals surface area contributed by atoms with Crippen molar-refractivity contribution >= 4 is 17.4 Å². The van der Waals surface area contributed by atoms with Crippen molar-refractivity contribution in [2.24, 2.45) is 0 Å². The third-order valence-corrected chi connectivity index (χ3v) is 3.93. The van der Waals surface area contributed by atoms with Crippen LogP contribution in [0.5, 0.6) is 0 Å². The molecule has 0 aliphatic carbocycles. The highest BCUT2D eigenvalue weighted by molar-refractivity contribution is 5.98. The van der Waals surface area contributed by atoms with Crippen molar-refractivity contribution in [2.45, 2.75) is 26.2 Å². The molecule has 6 nitrogen and oxygen atoms in total. The van der Waals surface area contributed by atoms with E-state index in [0.717, 1.165) is 5.56 Å². The predicted octanol–water partition coefficient (Wildman–Crippen LogP) is 3.82. The Balaban J connectivity index is 1.92. The molecule has 2 aromatic rings. The van der Waals surface area contributed by atoms with Crippen LogP contribution in [0.4, 0.5) is 5.69 Å². The molecule has 0 unspecified atom stereocenters. The average Bonchev–Trinajstić information content (AvgIpc) is 2.60. The quantitative estimate of drug-likeness (QED) is 0.331. The van der Waals surface area contributed by atoms with Crippen LogP contribution in [0.15, 0.2) is 48.5 Å². The molecule has 0 saturated carbocycles. The third-order valence-electron chi connectivity index (χ3n) is 3.93. The van der Waals surface area contributed by atoms with E-state index in [9.17, 15) is 19.7 Å². The zero-order valence-corrected chi connectivity index (χ0v) is 14.1. The summed E-state index contributed by atoms with van der Waals surface area (Å²) in [6.45, 7) is 3.07. The second-order valence-corrected chi connectivity index (χ2v) is 5.86. The van der Waals surface area contributed by atoms with Crippen molar-refractivity contribution < 1.29 is 19.2 Å². The van der Waals surface area contributed by atoms with Gasteiger partial charge in [-0.1, -0.05) is 49.4 Å². The minimum Gasteiger partial charge on any atom is -0.457 e. The van der Waals surface area contributed by atoms with Crippen LogP contribution in [0.3, 0.4) is 0 Å². The number of hydrogen-bond acceptors (Lipinski definition) is 5. The van der Waals surface area contributed by atoms with Crippen LogP contribution in [0.1, 0.15) is 40.7 Å². The maximum Gasteiger partial charge on any atom is 0.306 e. The topological polar surface area (TPSA) is 86.5 Å². The van der Waals surface area contributed by atoms with Crippen LogP contribution >= 0.6 is 0 Å². The van der Waals surface area contributed by atoms with Gasteiger partial charge in [-0.05, 0) is 18.4 Å². The Hall–Kier alpha value is -3.02.